The molecule has 1 aliphatic heterocycles. The van der Waals surface area contributed by atoms with Gasteiger partial charge in [-0.25, -0.2) is 8.78 Å². The number of aromatic nitrogens is 3. The third-order valence-corrected chi connectivity index (χ3v) is 9.28. The van der Waals surface area contributed by atoms with Crippen LogP contribution in [-0.4, -0.2) is 45.3 Å². The van der Waals surface area contributed by atoms with E-state index >= 15 is 0 Å². The number of rotatable bonds is 9. The predicted molar refractivity (Wildman–Crippen MR) is 141 cm³/mol. The smallest absolute Gasteiger partial charge is 0.280 e. The summed E-state index contributed by atoms with van der Waals surface area (Å²) in [5.41, 5.74) is 2.21. The molecule has 3 aliphatic rings. The molecule has 0 amide bonds. The van der Waals surface area contributed by atoms with Crippen LogP contribution in [0, 0.1) is 17.8 Å². The monoisotopic (exact) mass is 524 g/mol. The summed E-state index contributed by atoms with van der Waals surface area (Å²) in [6.45, 7) is 2.92. The zero-order valence-electron chi connectivity index (χ0n) is 22.2. The van der Waals surface area contributed by atoms with Gasteiger partial charge in [0.25, 0.3) is 5.92 Å². The molecule has 0 unspecified atom stereocenters. The molecule has 38 heavy (non-hydrogen) atoms. The number of hydrogen-bond donors (Lipinski definition) is 0. The van der Waals surface area contributed by atoms with Gasteiger partial charge in [0.05, 0.1) is 16.8 Å². The fourth-order valence-corrected chi connectivity index (χ4v) is 6.75. The molecule has 1 saturated heterocycles. The highest BCUT2D eigenvalue weighted by Gasteiger charge is 2.51. The van der Waals surface area contributed by atoms with Crippen molar-refractivity contribution in [3.63, 3.8) is 0 Å². The molecule has 204 valence electrons. The molecule has 0 spiro atoms. The number of nitrogens with zero attached hydrogens (tertiary/aromatic N) is 4. The molecular formula is C30H38F2N4O2. The number of carbonyl (C=O) groups excluding carboxylic acids is 1. The van der Waals surface area contributed by atoms with Crippen LogP contribution >= 0.6 is 0 Å². The minimum Gasteiger partial charge on any atom is -0.364 e. The quantitative estimate of drug-likeness (QED) is 0.291. The molecule has 3 heterocycles. The summed E-state index contributed by atoms with van der Waals surface area (Å²) in [5, 5.41) is 9.41. The number of benzene rings is 1. The van der Waals surface area contributed by atoms with Crippen LogP contribution in [0.1, 0.15) is 91.7 Å². The number of fused-ring (bicyclic) bond motifs is 1. The van der Waals surface area contributed by atoms with E-state index in [9.17, 15) is 13.6 Å². The third kappa shape index (κ3) is 5.29. The van der Waals surface area contributed by atoms with Crippen LogP contribution < -0.4 is 0 Å². The van der Waals surface area contributed by atoms with Crippen molar-refractivity contribution < 1.29 is 18.1 Å². The van der Waals surface area contributed by atoms with Crippen LogP contribution in [0.3, 0.4) is 0 Å². The Morgan fingerprint density at radius 3 is 2.53 bits per heavy atom. The van der Waals surface area contributed by atoms with Crippen molar-refractivity contribution in [1.82, 2.24) is 19.8 Å². The Balaban J connectivity index is 0.938. The number of ketones is 1. The maximum Gasteiger partial charge on any atom is 0.280 e. The van der Waals surface area contributed by atoms with Crippen LogP contribution in [-0.2, 0) is 13.0 Å². The summed E-state index contributed by atoms with van der Waals surface area (Å²) in [7, 11) is 1.89. The van der Waals surface area contributed by atoms with Crippen LogP contribution in [0.4, 0.5) is 8.78 Å². The first-order valence-electron chi connectivity index (χ1n) is 14.4. The molecule has 2 aliphatic carbocycles. The van der Waals surface area contributed by atoms with Crippen LogP contribution in [0.2, 0.25) is 0 Å². The Labute approximate surface area is 222 Å². The Morgan fingerprint density at radius 1 is 1.05 bits per heavy atom. The average Bonchev–Trinajstić information content (AvgIpc) is 3.54. The van der Waals surface area contributed by atoms with Gasteiger partial charge in [0.15, 0.2) is 5.78 Å². The first-order valence-corrected chi connectivity index (χ1v) is 14.4. The molecule has 0 bridgehead atoms. The van der Waals surface area contributed by atoms with Gasteiger partial charge >= 0.3 is 0 Å². The molecule has 8 heteroatoms. The van der Waals surface area contributed by atoms with Gasteiger partial charge in [-0.15, -0.1) is 0 Å². The van der Waals surface area contributed by atoms with Crippen molar-refractivity contribution in [2.24, 2.45) is 24.8 Å². The highest BCUT2D eigenvalue weighted by Crippen LogP contribution is 2.51. The van der Waals surface area contributed by atoms with Gasteiger partial charge in [0, 0.05) is 42.5 Å². The highest BCUT2D eigenvalue weighted by molar-refractivity contribution is 6.07. The molecule has 1 aromatic carbocycles. The van der Waals surface area contributed by atoms with Crippen LogP contribution in [0.15, 0.2) is 35.2 Å². The summed E-state index contributed by atoms with van der Waals surface area (Å²) in [4.78, 5) is 15.6. The molecule has 0 N–H and O–H groups in total. The fourth-order valence-electron chi connectivity index (χ4n) is 6.75. The van der Waals surface area contributed by atoms with Crippen molar-refractivity contribution in [3.8, 4) is 0 Å². The number of piperidine rings is 1. The Hall–Kier alpha value is -2.61. The lowest BCUT2D eigenvalue weighted by Gasteiger charge is -2.34. The molecule has 2 saturated carbocycles. The molecule has 3 aromatic rings. The van der Waals surface area contributed by atoms with E-state index in [1.807, 2.05) is 31.4 Å². The van der Waals surface area contributed by atoms with Gasteiger partial charge in [-0.1, -0.05) is 30.1 Å². The van der Waals surface area contributed by atoms with Crippen LogP contribution in [0.25, 0.3) is 10.9 Å². The van der Waals surface area contributed by atoms with Gasteiger partial charge in [-0.2, -0.15) is 5.10 Å². The first kappa shape index (κ1) is 25.7. The Bertz CT molecular complexity index is 1260. The summed E-state index contributed by atoms with van der Waals surface area (Å²) < 4.78 is 36.2. The second-order valence-electron chi connectivity index (χ2n) is 12.0. The largest absolute Gasteiger partial charge is 0.364 e. The lowest BCUT2D eigenvalue weighted by Crippen LogP contribution is -2.35. The van der Waals surface area contributed by atoms with E-state index in [0.717, 1.165) is 61.8 Å². The summed E-state index contributed by atoms with van der Waals surface area (Å²) >= 11 is 0. The fraction of sp³-hybridized carbons (Fsp3) is 0.633. The van der Waals surface area contributed by atoms with E-state index in [2.05, 4.69) is 15.2 Å². The molecule has 6 rings (SSSR count). The van der Waals surface area contributed by atoms with E-state index < -0.39 is 11.8 Å². The average molecular weight is 525 g/mol. The van der Waals surface area contributed by atoms with E-state index in [1.165, 1.54) is 25.5 Å². The SMILES string of the molecule is Cn1cc2c(C(=O)CC3CCC(CCN4CCC(c5nocc5C(F)(F)C5CC5)CC4)CC3)cccc2n1. The van der Waals surface area contributed by atoms with Gasteiger partial charge in [0.1, 0.15) is 6.26 Å². The third-order valence-electron chi connectivity index (χ3n) is 9.28. The number of Topliss-reactive ketones (excluding diaryl/α,β-unsaturated/α-hetero) is 1. The molecule has 0 radical (unpaired) electrons. The van der Waals surface area contributed by atoms with E-state index in [0.29, 0.717) is 36.8 Å². The number of aryl methyl sites for hydroxylation is 1. The van der Waals surface area contributed by atoms with Gasteiger partial charge in [0.2, 0.25) is 0 Å². The molecule has 3 fully saturated rings. The van der Waals surface area contributed by atoms with Gasteiger partial charge in [-0.05, 0) is 82.5 Å². The number of likely N-dealkylation sites (tertiary alicyclic amines) is 1. The van der Waals surface area contributed by atoms with Crippen molar-refractivity contribution in [2.45, 2.75) is 76.0 Å². The number of hydrogen-bond acceptors (Lipinski definition) is 5. The lowest BCUT2D eigenvalue weighted by atomic mass is 9.78. The summed E-state index contributed by atoms with van der Waals surface area (Å²) in [6, 6.07) is 5.82. The zero-order chi connectivity index (χ0) is 26.3. The van der Waals surface area contributed by atoms with E-state index in [4.69, 9.17) is 4.52 Å². The summed E-state index contributed by atoms with van der Waals surface area (Å²) in [5.74, 6) is -1.87. The first-order chi connectivity index (χ1) is 18.4. The molecular weight excluding hydrogens is 486 g/mol. The van der Waals surface area contributed by atoms with E-state index in [-0.39, 0.29) is 17.3 Å². The normalized spacial score (nSPS) is 23.8. The van der Waals surface area contributed by atoms with Crippen molar-refractivity contribution in [2.75, 3.05) is 19.6 Å². The lowest BCUT2D eigenvalue weighted by molar-refractivity contribution is -0.0303. The molecule has 6 nitrogen and oxygen atoms in total. The maximum atomic E-state index is 14.7. The number of halogens is 2. The van der Waals surface area contributed by atoms with E-state index in [1.54, 1.807) is 4.68 Å². The minimum atomic E-state index is -2.80. The molecule has 0 atom stereocenters. The van der Waals surface area contributed by atoms with Crippen molar-refractivity contribution in [3.05, 3.63) is 47.5 Å². The number of alkyl halides is 2. The second kappa shape index (κ2) is 10.5. The standard InChI is InChI=1S/C30H38F2N4O2/c1-35-18-25-24(3-2-4-27(25)33-35)28(37)17-21-7-5-20(6-8-21)11-14-36-15-12-22(13-16-36)29-26(19-38-34-29)30(31,32)23-9-10-23/h2-4,18-23H,5-17H2,1H3. The highest BCUT2D eigenvalue weighted by atomic mass is 19.3. The van der Waals surface area contributed by atoms with Crippen LogP contribution in [0.5, 0.6) is 0 Å². The summed E-state index contributed by atoms with van der Waals surface area (Å²) in [6.07, 6.45) is 12.4. The number of carbonyl (C=O) groups is 1. The molecule has 2 aromatic heterocycles. The Kier molecular flexibility index (Phi) is 7.10. The van der Waals surface area contributed by atoms with Crippen molar-refractivity contribution in [1.29, 1.82) is 0 Å². The van der Waals surface area contributed by atoms with Gasteiger partial charge in [-0.3, -0.25) is 9.48 Å². The van der Waals surface area contributed by atoms with Gasteiger partial charge < -0.3 is 9.42 Å². The predicted octanol–water partition coefficient (Wildman–Crippen LogP) is 6.71. The van der Waals surface area contributed by atoms with Crippen molar-refractivity contribution >= 4 is 16.7 Å². The Morgan fingerprint density at radius 2 is 1.79 bits per heavy atom. The minimum absolute atomic E-state index is 0.0332. The zero-order valence-corrected chi connectivity index (χ0v) is 22.2. The maximum absolute atomic E-state index is 14.7. The second-order valence-corrected chi connectivity index (χ2v) is 12.0. The topological polar surface area (TPSA) is 64.2 Å².